The Bertz CT molecular complexity index is 259. The zero-order chi connectivity index (χ0) is 9.47. The highest BCUT2D eigenvalue weighted by Crippen LogP contribution is 2.49. The van der Waals surface area contributed by atoms with Crippen LogP contribution in [0.1, 0.15) is 40.0 Å². The molecule has 1 fully saturated rings. The molecule has 0 amide bonds. The molecule has 1 saturated carbocycles. The van der Waals surface area contributed by atoms with Crippen molar-refractivity contribution in [1.82, 2.24) is 0 Å². The van der Waals surface area contributed by atoms with Gasteiger partial charge >= 0.3 is 0 Å². The van der Waals surface area contributed by atoms with E-state index in [2.05, 4.69) is 39.0 Å². The van der Waals surface area contributed by atoms with Gasteiger partial charge in [0.1, 0.15) is 0 Å². The van der Waals surface area contributed by atoms with E-state index in [1.807, 2.05) is 0 Å². The second kappa shape index (κ2) is 3.01. The van der Waals surface area contributed by atoms with Crippen molar-refractivity contribution < 1.29 is 0 Å². The minimum atomic E-state index is 0.394. The Morgan fingerprint density at radius 3 is 2.62 bits per heavy atom. The highest BCUT2D eigenvalue weighted by Gasteiger charge is 2.38. The number of hydrogen-bond donors (Lipinski definition) is 0. The van der Waals surface area contributed by atoms with Crippen LogP contribution >= 0.6 is 0 Å². The van der Waals surface area contributed by atoms with Crippen molar-refractivity contribution in [3.05, 3.63) is 23.8 Å². The first-order valence-corrected chi connectivity index (χ1v) is 5.49. The fourth-order valence-electron chi connectivity index (χ4n) is 2.91. The molecule has 0 nitrogen and oxygen atoms in total. The quantitative estimate of drug-likeness (QED) is 0.567. The van der Waals surface area contributed by atoms with Crippen LogP contribution < -0.4 is 0 Å². The number of hydrogen-bond acceptors (Lipinski definition) is 0. The van der Waals surface area contributed by atoms with Crippen molar-refractivity contribution in [3.63, 3.8) is 0 Å². The third kappa shape index (κ3) is 1.37. The van der Waals surface area contributed by atoms with Gasteiger partial charge in [-0.15, -0.1) is 0 Å². The standard InChI is InChI=1S/C13H20/c1-10-6-7-12(9-10)13(3)8-4-5-11(13)2/h4-5,8,10,12H,6-7,9H2,1-3H3. The molecular weight excluding hydrogens is 156 g/mol. The van der Waals surface area contributed by atoms with Crippen molar-refractivity contribution in [2.45, 2.75) is 40.0 Å². The Morgan fingerprint density at radius 2 is 2.15 bits per heavy atom. The summed E-state index contributed by atoms with van der Waals surface area (Å²) in [5, 5.41) is 0. The van der Waals surface area contributed by atoms with Crippen molar-refractivity contribution >= 4 is 0 Å². The molecule has 2 aliphatic carbocycles. The van der Waals surface area contributed by atoms with E-state index in [1.54, 1.807) is 5.57 Å². The van der Waals surface area contributed by atoms with E-state index in [0.29, 0.717) is 5.41 Å². The van der Waals surface area contributed by atoms with Gasteiger partial charge in [0, 0.05) is 5.41 Å². The molecule has 0 spiro atoms. The van der Waals surface area contributed by atoms with Crippen LogP contribution in [0.4, 0.5) is 0 Å². The van der Waals surface area contributed by atoms with Crippen molar-refractivity contribution in [1.29, 1.82) is 0 Å². The van der Waals surface area contributed by atoms with Gasteiger partial charge in [-0.1, -0.05) is 44.1 Å². The highest BCUT2D eigenvalue weighted by molar-refractivity contribution is 5.32. The molecule has 0 aromatic rings. The van der Waals surface area contributed by atoms with Crippen LogP contribution in [0.15, 0.2) is 23.8 Å². The van der Waals surface area contributed by atoms with Gasteiger partial charge in [0.15, 0.2) is 0 Å². The molecule has 2 rings (SSSR count). The normalized spacial score (nSPS) is 44.1. The molecule has 0 aromatic heterocycles. The third-order valence-electron chi connectivity index (χ3n) is 4.18. The van der Waals surface area contributed by atoms with Gasteiger partial charge in [0.2, 0.25) is 0 Å². The van der Waals surface area contributed by atoms with Crippen LogP contribution in [0.5, 0.6) is 0 Å². The maximum Gasteiger partial charge on any atom is 0.00942 e. The van der Waals surface area contributed by atoms with Crippen molar-refractivity contribution in [2.24, 2.45) is 17.3 Å². The van der Waals surface area contributed by atoms with Crippen LogP contribution in [0.25, 0.3) is 0 Å². The second-order valence-corrected chi connectivity index (χ2v) is 5.11. The molecule has 3 unspecified atom stereocenters. The lowest BCUT2D eigenvalue weighted by Crippen LogP contribution is -2.23. The molecule has 2 aliphatic rings. The van der Waals surface area contributed by atoms with Crippen molar-refractivity contribution in [3.8, 4) is 0 Å². The van der Waals surface area contributed by atoms with Crippen molar-refractivity contribution in [2.75, 3.05) is 0 Å². The summed E-state index contributed by atoms with van der Waals surface area (Å²) in [4.78, 5) is 0. The Morgan fingerprint density at radius 1 is 1.38 bits per heavy atom. The first kappa shape index (κ1) is 9.05. The van der Waals surface area contributed by atoms with Gasteiger partial charge in [0.25, 0.3) is 0 Å². The lowest BCUT2D eigenvalue weighted by atomic mass is 9.72. The van der Waals surface area contributed by atoms with Crippen LogP contribution in [0.2, 0.25) is 0 Å². The highest BCUT2D eigenvalue weighted by atomic mass is 14.4. The molecule has 0 bridgehead atoms. The molecule has 0 N–H and O–H groups in total. The Kier molecular flexibility index (Phi) is 2.09. The monoisotopic (exact) mass is 176 g/mol. The van der Waals surface area contributed by atoms with E-state index in [1.165, 1.54) is 19.3 Å². The average Bonchev–Trinajstić information content (AvgIpc) is 2.62. The first-order chi connectivity index (χ1) is 6.13. The van der Waals surface area contributed by atoms with E-state index in [0.717, 1.165) is 11.8 Å². The van der Waals surface area contributed by atoms with Crippen LogP contribution in [-0.4, -0.2) is 0 Å². The van der Waals surface area contributed by atoms with Crippen LogP contribution in [-0.2, 0) is 0 Å². The summed E-state index contributed by atoms with van der Waals surface area (Å²) < 4.78 is 0. The largest absolute Gasteiger partial charge is 0.0743 e. The van der Waals surface area contributed by atoms with Gasteiger partial charge in [-0.3, -0.25) is 0 Å². The Labute approximate surface area is 81.7 Å². The molecule has 13 heavy (non-hydrogen) atoms. The van der Waals surface area contributed by atoms with E-state index in [4.69, 9.17) is 0 Å². The molecule has 72 valence electrons. The average molecular weight is 176 g/mol. The fourth-order valence-corrected chi connectivity index (χ4v) is 2.91. The minimum absolute atomic E-state index is 0.394. The molecule has 0 heteroatoms. The van der Waals surface area contributed by atoms with Crippen LogP contribution in [0, 0.1) is 17.3 Å². The topological polar surface area (TPSA) is 0 Å². The second-order valence-electron chi connectivity index (χ2n) is 5.11. The summed E-state index contributed by atoms with van der Waals surface area (Å²) in [6, 6.07) is 0. The van der Waals surface area contributed by atoms with Gasteiger partial charge < -0.3 is 0 Å². The lowest BCUT2D eigenvalue weighted by Gasteiger charge is -2.31. The predicted molar refractivity (Wildman–Crippen MR) is 57.5 cm³/mol. The van der Waals surface area contributed by atoms with E-state index in [-0.39, 0.29) is 0 Å². The summed E-state index contributed by atoms with van der Waals surface area (Å²) in [5.41, 5.74) is 1.96. The Balaban J connectivity index is 2.16. The Hall–Kier alpha value is -0.520. The summed E-state index contributed by atoms with van der Waals surface area (Å²) in [5.74, 6) is 1.85. The first-order valence-electron chi connectivity index (χ1n) is 5.49. The summed E-state index contributed by atoms with van der Waals surface area (Å²) >= 11 is 0. The van der Waals surface area contributed by atoms with Gasteiger partial charge in [-0.2, -0.15) is 0 Å². The number of allylic oxidation sites excluding steroid dienone is 4. The molecule has 0 radical (unpaired) electrons. The van der Waals surface area contributed by atoms with E-state index in [9.17, 15) is 0 Å². The summed E-state index contributed by atoms with van der Waals surface area (Å²) in [7, 11) is 0. The molecule has 0 heterocycles. The molecular formula is C13H20. The minimum Gasteiger partial charge on any atom is -0.0743 e. The van der Waals surface area contributed by atoms with E-state index >= 15 is 0 Å². The van der Waals surface area contributed by atoms with Crippen LogP contribution in [0.3, 0.4) is 0 Å². The molecule has 0 saturated heterocycles. The lowest BCUT2D eigenvalue weighted by molar-refractivity contribution is 0.309. The zero-order valence-corrected chi connectivity index (χ0v) is 9.01. The molecule has 0 aliphatic heterocycles. The smallest absolute Gasteiger partial charge is 0.00942 e. The summed E-state index contributed by atoms with van der Waals surface area (Å²) in [6.45, 7) is 7.08. The zero-order valence-electron chi connectivity index (χ0n) is 9.01. The third-order valence-corrected chi connectivity index (χ3v) is 4.18. The number of rotatable bonds is 1. The molecule has 3 atom stereocenters. The SMILES string of the molecule is CC1=CC=CC1(C)C1CCC(C)C1. The summed E-state index contributed by atoms with van der Waals surface area (Å²) in [6.07, 6.45) is 11.2. The maximum atomic E-state index is 2.41. The maximum absolute atomic E-state index is 2.41. The fraction of sp³-hybridized carbons (Fsp3) is 0.692. The predicted octanol–water partition coefficient (Wildman–Crippen LogP) is 3.95. The van der Waals surface area contributed by atoms with E-state index < -0.39 is 0 Å². The van der Waals surface area contributed by atoms with Gasteiger partial charge in [0.05, 0.1) is 0 Å². The molecule has 0 aromatic carbocycles. The van der Waals surface area contributed by atoms with Gasteiger partial charge in [-0.25, -0.2) is 0 Å². The van der Waals surface area contributed by atoms with Gasteiger partial charge in [-0.05, 0) is 31.6 Å².